The summed E-state index contributed by atoms with van der Waals surface area (Å²) in [5.41, 5.74) is 2.98. The van der Waals surface area contributed by atoms with Crippen LogP contribution in [0.5, 0.6) is 0 Å². The lowest BCUT2D eigenvalue weighted by Gasteiger charge is -2.33. The first-order chi connectivity index (χ1) is 16.3. The Morgan fingerprint density at radius 1 is 1.00 bits per heavy atom. The highest BCUT2D eigenvalue weighted by Crippen LogP contribution is 2.23. The van der Waals surface area contributed by atoms with Crippen LogP contribution >= 0.6 is 11.6 Å². The number of nitrogens with one attached hydrogen (secondary N) is 1. The number of hydrogen-bond donors (Lipinski definition) is 1. The van der Waals surface area contributed by atoms with Crippen molar-refractivity contribution in [3.63, 3.8) is 0 Å². The first-order valence-corrected chi connectivity index (χ1v) is 14.0. The highest BCUT2D eigenvalue weighted by atomic mass is 35.5. The molecule has 0 unspecified atom stereocenters. The van der Waals surface area contributed by atoms with Crippen molar-refractivity contribution in [3.05, 3.63) is 64.2 Å². The normalized spacial score (nSPS) is 13.1. The molecular weight excluding hydrogens is 486 g/mol. The molecule has 0 saturated carbocycles. The number of carbonyl (C=O) groups is 2. The Morgan fingerprint density at radius 3 is 2.06 bits per heavy atom. The fraction of sp³-hybridized carbons (Fsp3) is 0.462. The van der Waals surface area contributed by atoms with Crippen LogP contribution in [0.1, 0.15) is 50.3 Å². The van der Waals surface area contributed by atoms with Crippen molar-refractivity contribution in [2.45, 2.75) is 66.1 Å². The third-order valence-electron chi connectivity index (χ3n) is 5.83. The minimum atomic E-state index is -3.77. The van der Waals surface area contributed by atoms with Crippen LogP contribution < -0.4 is 9.62 Å². The van der Waals surface area contributed by atoms with Crippen LogP contribution in [0.2, 0.25) is 5.02 Å². The maximum Gasteiger partial charge on any atom is 0.244 e. The van der Waals surface area contributed by atoms with Gasteiger partial charge in [0.1, 0.15) is 12.6 Å². The predicted octanol–water partition coefficient (Wildman–Crippen LogP) is 4.44. The Kier molecular flexibility index (Phi) is 10.2. The lowest BCUT2D eigenvalue weighted by molar-refractivity contribution is -0.140. The molecule has 2 rings (SSSR count). The SMILES string of the molecule is CC[C@H](C)NC(=O)[C@H](CC)N(Cc1ccc(Cl)cc1)C(=O)CN(c1cc(C)cc(C)c1)S(C)(=O)=O. The first-order valence-electron chi connectivity index (χ1n) is 11.8. The molecular formula is C26H36ClN3O4S. The number of aryl methyl sites for hydroxylation is 2. The van der Waals surface area contributed by atoms with Crippen LogP contribution in [-0.2, 0) is 26.2 Å². The maximum atomic E-state index is 13.7. The molecule has 192 valence electrons. The second-order valence-corrected chi connectivity index (χ2v) is 11.3. The second-order valence-electron chi connectivity index (χ2n) is 9.01. The van der Waals surface area contributed by atoms with Crippen LogP contribution in [-0.4, -0.2) is 50.0 Å². The van der Waals surface area contributed by atoms with Crippen molar-refractivity contribution >= 4 is 39.1 Å². The number of nitrogens with zero attached hydrogens (tertiary/aromatic N) is 2. The minimum absolute atomic E-state index is 0.0492. The Morgan fingerprint density at radius 2 is 1.57 bits per heavy atom. The van der Waals surface area contributed by atoms with Crippen molar-refractivity contribution in [3.8, 4) is 0 Å². The third kappa shape index (κ3) is 8.25. The molecule has 7 nitrogen and oxygen atoms in total. The lowest BCUT2D eigenvalue weighted by atomic mass is 10.1. The Hall–Kier alpha value is -2.58. The van der Waals surface area contributed by atoms with Crippen molar-refractivity contribution in [1.29, 1.82) is 0 Å². The number of halogens is 1. The average molecular weight is 522 g/mol. The van der Waals surface area contributed by atoms with E-state index >= 15 is 0 Å². The summed E-state index contributed by atoms with van der Waals surface area (Å²) in [6.07, 6.45) is 2.21. The zero-order valence-corrected chi connectivity index (χ0v) is 22.9. The van der Waals surface area contributed by atoms with Crippen molar-refractivity contribution in [2.24, 2.45) is 0 Å². The van der Waals surface area contributed by atoms with Gasteiger partial charge in [0.2, 0.25) is 21.8 Å². The number of hydrogen-bond acceptors (Lipinski definition) is 4. The molecule has 35 heavy (non-hydrogen) atoms. The van der Waals surface area contributed by atoms with Crippen LogP contribution in [0.25, 0.3) is 0 Å². The quantitative estimate of drug-likeness (QED) is 0.473. The standard InChI is InChI=1S/C26H36ClN3O4S/c1-7-20(5)28-26(32)24(8-2)29(16-21-9-11-22(27)12-10-21)25(31)17-30(35(6,33)34)23-14-18(3)13-19(4)15-23/h9-15,20,24H,7-8,16-17H2,1-6H3,(H,28,32)/t20-,24-/m0/s1. The molecule has 0 aliphatic heterocycles. The molecule has 2 aromatic rings. The van der Waals surface area contributed by atoms with Crippen LogP contribution in [0, 0.1) is 13.8 Å². The average Bonchev–Trinajstić information content (AvgIpc) is 2.76. The largest absolute Gasteiger partial charge is 0.352 e. The van der Waals surface area contributed by atoms with Crippen LogP contribution in [0.3, 0.4) is 0 Å². The van der Waals surface area contributed by atoms with E-state index in [4.69, 9.17) is 11.6 Å². The summed E-state index contributed by atoms with van der Waals surface area (Å²) >= 11 is 6.02. The van der Waals surface area contributed by atoms with Gasteiger partial charge in [-0.1, -0.05) is 43.6 Å². The highest BCUT2D eigenvalue weighted by molar-refractivity contribution is 7.92. The van der Waals surface area contributed by atoms with Crippen molar-refractivity contribution in [1.82, 2.24) is 10.2 Å². The molecule has 0 radical (unpaired) electrons. The van der Waals surface area contributed by atoms with E-state index in [1.807, 2.05) is 40.7 Å². The number of rotatable bonds is 11. The summed E-state index contributed by atoms with van der Waals surface area (Å²) in [4.78, 5) is 28.3. The lowest BCUT2D eigenvalue weighted by Crippen LogP contribution is -2.53. The summed E-state index contributed by atoms with van der Waals surface area (Å²) in [5, 5.41) is 3.52. The van der Waals surface area contributed by atoms with E-state index in [1.54, 1.807) is 36.4 Å². The highest BCUT2D eigenvalue weighted by Gasteiger charge is 2.32. The summed E-state index contributed by atoms with van der Waals surface area (Å²) in [6.45, 7) is 9.18. The van der Waals surface area contributed by atoms with Crippen molar-refractivity contribution in [2.75, 3.05) is 17.1 Å². The number of benzene rings is 2. The van der Waals surface area contributed by atoms with Crippen molar-refractivity contribution < 1.29 is 18.0 Å². The Balaban J connectivity index is 2.46. The van der Waals surface area contributed by atoms with Gasteiger partial charge in [-0.2, -0.15) is 0 Å². The van der Waals surface area contributed by atoms with Gasteiger partial charge in [-0.15, -0.1) is 0 Å². The fourth-order valence-corrected chi connectivity index (χ4v) is 4.81. The number of carbonyl (C=O) groups excluding carboxylic acids is 2. The number of amides is 2. The second kappa shape index (κ2) is 12.4. The minimum Gasteiger partial charge on any atom is -0.352 e. The van der Waals surface area contributed by atoms with Gasteiger partial charge in [-0.05, 0) is 74.6 Å². The molecule has 0 heterocycles. The first kappa shape index (κ1) is 28.7. The van der Waals surface area contributed by atoms with E-state index in [2.05, 4.69) is 5.32 Å². The molecule has 1 N–H and O–H groups in total. The van der Waals surface area contributed by atoms with E-state index < -0.39 is 28.5 Å². The molecule has 2 amide bonds. The van der Waals surface area contributed by atoms with Gasteiger partial charge in [0, 0.05) is 17.6 Å². The third-order valence-corrected chi connectivity index (χ3v) is 7.22. The molecule has 2 atom stereocenters. The molecule has 0 fully saturated rings. The fourth-order valence-electron chi connectivity index (χ4n) is 3.86. The zero-order valence-electron chi connectivity index (χ0n) is 21.3. The van der Waals surface area contributed by atoms with Gasteiger partial charge in [0.15, 0.2) is 0 Å². The summed E-state index contributed by atoms with van der Waals surface area (Å²) < 4.78 is 26.6. The number of sulfonamides is 1. The van der Waals surface area contributed by atoms with E-state index in [-0.39, 0.29) is 18.5 Å². The van der Waals surface area contributed by atoms with E-state index in [1.165, 1.54) is 4.90 Å². The Bertz CT molecular complexity index is 1120. The molecule has 0 aliphatic rings. The molecule has 0 saturated heterocycles. The Labute approximate surface area is 214 Å². The summed E-state index contributed by atoms with van der Waals surface area (Å²) in [5.74, 6) is -0.725. The number of anilines is 1. The molecule has 0 aromatic heterocycles. The molecule has 0 bridgehead atoms. The topological polar surface area (TPSA) is 86.8 Å². The smallest absolute Gasteiger partial charge is 0.244 e. The van der Waals surface area contributed by atoms with E-state index in [0.717, 1.165) is 33.7 Å². The van der Waals surface area contributed by atoms with Gasteiger partial charge in [-0.25, -0.2) is 8.42 Å². The molecule has 2 aromatic carbocycles. The van der Waals surface area contributed by atoms with Gasteiger partial charge in [-0.3, -0.25) is 13.9 Å². The van der Waals surface area contributed by atoms with Crippen LogP contribution in [0.4, 0.5) is 5.69 Å². The van der Waals surface area contributed by atoms with Gasteiger partial charge < -0.3 is 10.2 Å². The van der Waals surface area contributed by atoms with E-state index in [0.29, 0.717) is 17.1 Å². The zero-order chi connectivity index (χ0) is 26.3. The molecule has 0 spiro atoms. The van der Waals surface area contributed by atoms with Gasteiger partial charge >= 0.3 is 0 Å². The maximum absolute atomic E-state index is 13.7. The molecule has 0 aliphatic carbocycles. The summed E-state index contributed by atoms with van der Waals surface area (Å²) in [7, 11) is -3.77. The van der Waals surface area contributed by atoms with E-state index in [9.17, 15) is 18.0 Å². The van der Waals surface area contributed by atoms with Crippen LogP contribution in [0.15, 0.2) is 42.5 Å². The monoisotopic (exact) mass is 521 g/mol. The molecule has 9 heteroatoms. The van der Waals surface area contributed by atoms with Gasteiger partial charge in [0.25, 0.3) is 0 Å². The van der Waals surface area contributed by atoms with Gasteiger partial charge in [0.05, 0.1) is 11.9 Å². The summed E-state index contributed by atoms with van der Waals surface area (Å²) in [6, 6.07) is 11.6. The predicted molar refractivity (Wildman–Crippen MR) is 142 cm³/mol.